The summed E-state index contributed by atoms with van der Waals surface area (Å²) < 4.78 is 32.9. The van der Waals surface area contributed by atoms with Crippen LogP contribution in [0.2, 0.25) is 5.02 Å². The van der Waals surface area contributed by atoms with Crippen LogP contribution in [-0.4, -0.2) is 6.61 Å². The molecule has 2 nitrogen and oxygen atoms in total. The van der Waals surface area contributed by atoms with Gasteiger partial charge < -0.3 is 10.5 Å². The summed E-state index contributed by atoms with van der Waals surface area (Å²) >= 11 is 5.54. The molecular weight excluding hydrogens is 284 g/mol. The van der Waals surface area contributed by atoms with Crippen molar-refractivity contribution in [3.8, 4) is 5.75 Å². The summed E-state index contributed by atoms with van der Waals surface area (Å²) in [6.45, 7) is 2.30. The molecule has 2 aromatic rings. The van der Waals surface area contributed by atoms with Crippen molar-refractivity contribution in [2.45, 2.75) is 13.0 Å². The first-order valence-electron chi connectivity index (χ1n) is 6.16. The number of nitrogens with two attached hydrogens (primary N) is 1. The average Bonchev–Trinajstić information content (AvgIpc) is 2.43. The molecule has 20 heavy (non-hydrogen) atoms. The summed E-state index contributed by atoms with van der Waals surface area (Å²) in [5.41, 5.74) is 6.67. The van der Waals surface area contributed by atoms with Gasteiger partial charge >= 0.3 is 0 Å². The van der Waals surface area contributed by atoms with Gasteiger partial charge in [-0.1, -0.05) is 29.8 Å². The van der Waals surface area contributed by atoms with Crippen LogP contribution in [-0.2, 0) is 0 Å². The van der Waals surface area contributed by atoms with E-state index < -0.39 is 17.7 Å². The van der Waals surface area contributed by atoms with Crippen LogP contribution in [0.15, 0.2) is 36.4 Å². The molecule has 2 aromatic carbocycles. The Balaban J connectivity index is 2.46. The van der Waals surface area contributed by atoms with Crippen LogP contribution in [0.1, 0.15) is 24.1 Å². The highest BCUT2D eigenvalue weighted by molar-refractivity contribution is 6.30. The van der Waals surface area contributed by atoms with Gasteiger partial charge in [0.2, 0.25) is 0 Å². The molecule has 0 aromatic heterocycles. The van der Waals surface area contributed by atoms with E-state index >= 15 is 0 Å². The summed E-state index contributed by atoms with van der Waals surface area (Å²) in [7, 11) is 0. The Morgan fingerprint density at radius 2 is 1.85 bits per heavy atom. The third-order valence-electron chi connectivity index (χ3n) is 2.93. The Labute approximate surface area is 121 Å². The fourth-order valence-electron chi connectivity index (χ4n) is 1.97. The van der Waals surface area contributed by atoms with Gasteiger partial charge in [0.1, 0.15) is 17.4 Å². The highest BCUT2D eigenvalue weighted by Gasteiger charge is 2.19. The summed E-state index contributed by atoms with van der Waals surface area (Å²) in [5, 5.41) is -0.267. The van der Waals surface area contributed by atoms with Crippen molar-refractivity contribution in [1.29, 1.82) is 0 Å². The number of ether oxygens (including phenoxy) is 1. The standard InChI is InChI=1S/C15H14ClF2NO/c1-2-20-14-6-4-3-5-9(14)15(19)10-7-13(18)11(16)8-12(10)17/h3-8,15H,2,19H2,1H3. The second-order valence-electron chi connectivity index (χ2n) is 4.24. The lowest BCUT2D eigenvalue weighted by Gasteiger charge is -2.17. The van der Waals surface area contributed by atoms with Crippen molar-refractivity contribution in [1.82, 2.24) is 0 Å². The summed E-state index contributed by atoms with van der Waals surface area (Å²) in [4.78, 5) is 0. The lowest BCUT2D eigenvalue weighted by molar-refractivity contribution is 0.335. The quantitative estimate of drug-likeness (QED) is 0.864. The first kappa shape index (κ1) is 14.8. The van der Waals surface area contributed by atoms with Gasteiger partial charge in [0.25, 0.3) is 0 Å². The number of rotatable bonds is 4. The molecule has 0 fully saturated rings. The number of hydrogen-bond donors (Lipinski definition) is 1. The minimum atomic E-state index is -0.829. The first-order valence-corrected chi connectivity index (χ1v) is 6.54. The molecule has 2 rings (SSSR count). The third-order valence-corrected chi connectivity index (χ3v) is 3.22. The molecule has 5 heteroatoms. The van der Waals surface area contributed by atoms with E-state index in [0.717, 1.165) is 12.1 Å². The summed E-state index contributed by atoms with van der Waals surface area (Å²) in [6, 6.07) is 8.14. The van der Waals surface area contributed by atoms with E-state index in [1.54, 1.807) is 24.3 Å². The number of para-hydroxylation sites is 1. The topological polar surface area (TPSA) is 35.2 Å². The third kappa shape index (κ3) is 2.92. The smallest absolute Gasteiger partial charge is 0.142 e. The fourth-order valence-corrected chi connectivity index (χ4v) is 2.12. The predicted octanol–water partition coefficient (Wildman–Crippen LogP) is 4.07. The second-order valence-corrected chi connectivity index (χ2v) is 4.64. The summed E-state index contributed by atoms with van der Waals surface area (Å²) in [5.74, 6) is -0.792. The Bertz CT molecular complexity index is 619. The molecule has 0 saturated carbocycles. The van der Waals surface area contributed by atoms with Gasteiger partial charge in [0.05, 0.1) is 17.7 Å². The molecule has 2 N–H and O–H groups in total. The van der Waals surface area contributed by atoms with Crippen LogP contribution in [0.25, 0.3) is 0 Å². The van der Waals surface area contributed by atoms with Gasteiger partial charge in [-0.05, 0) is 25.1 Å². The molecule has 1 unspecified atom stereocenters. The molecule has 0 heterocycles. The Kier molecular flexibility index (Phi) is 4.57. The average molecular weight is 298 g/mol. The molecule has 0 saturated heterocycles. The molecule has 0 aliphatic carbocycles. The predicted molar refractivity (Wildman–Crippen MR) is 75.0 cm³/mol. The maximum atomic E-state index is 13.9. The zero-order valence-electron chi connectivity index (χ0n) is 10.9. The largest absolute Gasteiger partial charge is 0.494 e. The second kappa shape index (κ2) is 6.20. The lowest BCUT2D eigenvalue weighted by Crippen LogP contribution is -2.15. The van der Waals surface area contributed by atoms with Crippen molar-refractivity contribution >= 4 is 11.6 Å². The maximum absolute atomic E-state index is 13.9. The number of halogens is 3. The molecule has 0 spiro atoms. The Morgan fingerprint density at radius 1 is 1.15 bits per heavy atom. The van der Waals surface area contributed by atoms with Crippen LogP contribution < -0.4 is 10.5 Å². The van der Waals surface area contributed by atoms with Gasteiger partial charge in [-0.25, -0.2) is 8.78 Å². The molecule has 0 aliphatic heterocycles. The highest BCUT2D eigenvalue weighted by atomic mass is 35.5. The Morgan fingerprint density at radius 3 is 2.55 bits per heavy atom. The normalized spacial score (nSPS) is 12.2. The van der Waals surface area contributed by atoms with Crippen LogP contribution >= 0.6 is 11.6 Å². The van der Waals surface area contributed by atoms with E-state index in [0.29, 0.717) is 17.9 Å². The molecule has 1 atom stereocenters. The van der Waals surface area contributed by atoms with E-state index in [9.17, 15) is 8.78 Å². The number of hydrogen-bond acceptors (Lipinski definition) is 2. The van der Waals surface area contributed by atoms with E-state index in [4.69, 9.17) is 22.1 Å². The summed E-state index contributed by atoms with van der Waals surface area (Å²) in [6.07, 6.45) is 0. The van der Waals surface area contributed by atoms with Crippen molar-refractivity contribution in [2.24, 2.45) is 5.73 Å². The van der Waals surface area contributed by atoms with Gasteiger partial charge in [-0.2, -0.15) is 0 Å². The molecular formula is C15H14ClF2NO. The molecule has 0 aliphatic rings. The van der Waals surface area contributed by atoms with Gasteiger partial charge in [-0.3, -0.25) is 0 Å². The van der Waals surface area contributed by atoms with Crippen molar-refractivity contribution < 1.29 is 13.5 Å². The molecule has 0 bridgehead atoms. The van der Waals surface area contributed by atoms with E-state index in [2.05, 4.69) is 0 Å². The fraction of sp³-hybridized carbons (Fsp3) is 0.200. The Hall–Kier alpha value is -1.65. The first-order chi connectivity index (χ1) is 9.54. The van der Waals surface area contributed by atoms with E-state index in [-0.39, 0.29) is 10.6 Å². The zero-order chi connectivity index (χ0) is 14.7. The molecule has 0 amide bonds. The van der Waals surface area contributed by atoms with E-state index in [1.165, 1.54) is 0 Å². The van der Waals surface area contributed by atoms with Crippen molar-refractivity contribution in [2.75, 3.05) is 6.61 Å². The van der Waals surface area contributed by atoms with Gasteiger partial charge in [0, 0.05) is 11.1 Å². The highest BCUT2D eigenvalue weighted by Crippen LogP contribution is 2.31. The van der Waals surface area contributed by atoms with Crippen LogP contribution in [0.4, 0.5) is 8.78 Å². The minimum Gasteiger partial charge on any atom is -0.494 e. The van der Waals surface area contributed by atoms with Crippen LogP contribution in [0, 0.1) is 11.6 Å². The van der Waals surface area contributed by atoms with E-state index in [1.807, 2.05) is 6.92 Å². The van der Waals surface area contributed by atoms with Crippen LogP contribution in [0.5, 0.6) is 5.75 Å². The van der Waals surface area contributed by atoms with Gasteiger partial charge in [-0.15, -0.1) is 0 Å². The van der Waals surface area contributed by atoms with Crippen molar-refractivity contribution in [3.63, 3.8) is 0 Å². The zero-order valence-corrected chi connectivity index (χ0v) is 11.6. The number of benzene rings is 2. The lowest BCUT2D eigenvalue weighted by atomic mass is 9.98. The van der Waals surface area contributed by atoms with Crippen molar-refractivity contribution in [3.05, 3.63) is 64.2 Å². The maximum Gasteiger partial charge on any atom is 0.142 e. The SMILES string of the molecule is CCOc1ccccc1C(N)c1cc(F)c(Cl)cc1F. The molecule has 0 radical (unpaired) electrons. The van der Waals surface area contributed by atoms with Crippen LogP contribution in [0.3, 0.4) is 0 Å². The molecule has 106 valence electrons. The minimum absolute atomic E-state index is 0.0408. The monoisotopic (exact) mass is 297 g/mol. The van der Waals surface area contributed by atoms with Gasteiger partial charge in [0.15, 0.2) is 0 Å².